The van der Waals surface area contributed by atoms with Gasteiger partial charge in [0.1, 0.15) is 12.2 Å². The molecule has 0 saturated heterocycles. The van der Waals surface area contributed by atoms with Crippen LogP contribution >= 0.6 is 0 Å². The molecule has 0 heterocycles. The molecule has 3 atom stereocenters. The zero-order chi connectivity index (χ0) is 15.8. The van der Waals surface area contributed by atoms with Crippen molar-refractivity contribution in [3.05, 3.63) is 71.8 Å². The van der Waals surface area contributed by atoms with Gasteiger partial charge in [0.2, 0.25) is 0 Å². The van der Waals surface area contributed by atoms with Crippen LogP contribution in [-0.2, 0) is 17.8 Å². The van der Waals surface area contributed by atoms with Crippen LogP contribution in [0.25, 0.3) is 0 Å². The van der Waals surface area contributed by atoms with E-state index in [1.54, 1.807) is 0 Å². The molecule has 22 heavy (non-hydrogen) atoms. The minimum atomic E-state index is -1.22. The molecular formula is C18H22O4. The second-order valence-corrected chi connectivity index (χ2v) is 5.27. The molecule has 0 saturated carbocycles. The van der Waals surface area contributed by atoms with Gasteiger partial charge in [-0.15, -0.1) is 0 Å². The maximum atomic E-state index is 10.2. The summed E-state index contributed by atoms with van der Waals surface area (Å²) in [6, 6.07) is 19.3. The summed E-state index contributed by atoms with van der Waals surface area (Å²) in [5.41, 5.74) is 2.00. The molecule has 1 unspecified atom stereocenters. The van der Waals surface area contributed by atoms with Gasteiger partial charge in [0.25, 0.3) is 0 Å². The van der Waals surface area contributed by atoms with Gasteiger partial charge in [-0.2, -0.15) is 0 Å². The lowest BCUT2D eigenvalue weighted by Gasteiger charge is -2.26. The van der Waals surface area contributed by atoms with Crippen LogP contribution in [0.2, 0.25) is 0 Å². The van der Waals surface area contributed by atoms with E-state index in [2.05, 4.69) is 0 Å². The van der Waals surface area contributed by atoms with Crippen molar-refractivity contribution in [2.75, 3.05) is 6.61 Å². The predicted molar refractivity (Wildman–Crippen MR) is 84.3 cm³/mol. The Bertz CT molecular complexity index is 529. The van der Waals surface area contributed by atoms with Gasteiger partial charge in [-0.1, -0.05) is 60.7 Å². The Balaban J connectivity index is 2.04. The molecule has 0 aliphatic carbocycles. The van der Waals surface area contributed by atoms with E-state index in [9.17, 15) is 10.2 Å². The summed E-state index contributed by atoms with van der Waals surface area (Å²) >= 11 is 0. The highest BCUT2D eigenvalue weighted by molar-refractivity contribution is 5.16. The summed E-state index contributed by atoms with van der Waals surface area (Å²) in [4.78, 5) is 0. The van der Waals surface area contributed by atoms with E-state index in [0.29, 0.717) is 13.0 Å². The first-order valence-electron chi connectivity index (χ1n) is 7.37. The molecule has 2 aromatic carbocycles. The van der Waals surface area contributed by atoms with Crippen molar-refractivity contribution in [3.8, 4) is 0 Å². The molecule has 0 amide bonds. The SMILES string of the molecule is OC[C@@H](O)[C@H](O)C(Cc1ccccc1)OCc1ccccc1. The molecule has 0 radical (unpaired) electrons. The van der Waals surface area contributed by atoms with Crippen molar-refractivity contribution < 1.29 is 20.1 Å². The molecule has 0 aromatic heterocycles. The van der Waals surface area contributed by atoms with Crippen LogP contribution in [0.3, 0.4) is 0 Å². The lowest BCUT2D eigenvalue weighted by Crippen LogP contribution is -2.42. The first-order chi connectivity index (χ1) is 10.7. The van der Waals surface area contributed by atoms with Gasteiger partial charge < -0.3 is 20.1 Å². The standard InChI is InChI=1S/C18H22O4/c19-12-16(20)18(21)17(11-14-7-3-1-4-8-14)22-13-15-9-5-2-6-10-15/h1-10,16-21H,11-13H2/t16-,17?,18+/m1/s1. The van der Waals surface area contributed by atoms with Crippen molar-refractivity contribution in [1.82, 2.24) is 0 Å². The van der Waals surface area contributed by atoms with E-state index in [0.717, 1.165) is 11.1 Å². The molecule has 118 valence electrons. The molecular weight excluding hydrogens is 280 g/mol. The summed E-state index contributed by atoms with van der Waals surface area (Å²) in [5, 5.41) is 28.9. The van der Waals surface area contributed by atoms with Crippen molar-refractivity contribution in [1.29, 1.82) is 0 Å². The van der Waals surface area contributed by atoms with Crippen LogP contribution in [0, 0.1) is 0 Å². The molecule has 0 bridgehead atoms. The molecule has 4 heteroatoms. The van der Waals surface area contributed by atoms with Crippen LogP contribution in [0.15, 0.2) is 60.7 Å². The van der Waals surface area contributed by atoms with E-state index in [4.69, 9.17) is 9.84 Å². The smallest absolute Gasteiger partial charge is 0.109 e. The van der Waals surface area contributed by atoms with Gasteiger partial charge >= 0.3 is 0 Å². The average molecular weight is 302 g/mol. The fraction of sp³-hybridized carbons (Fsp3) is 0.333. The fourth-order valence-corrected chi connectivity index (χ4v) is 2.26. The largest absolute Gasteiger partial charge is 0.394 e. The van der Waals surface area contributed by atoms with Gasteiger partial charge in [0, 0.05) is 6.42 Å². The topological polar surface area (TPSA) is 69.9 Å². The lowest BCUT2D eigenvalue weighted by atomic mass is 10.0. The zero-order valence-corrected chi connectivity index (χ0v) is 12.4. The number of hydrogen-bond acceptors (Lipinski definition) is 4. The van der Waals surface area contributed by atoms with Gasteiger partial charge in [-0.05, 0) is 11.1 Å². The van der Waals surface area contributed by atoms with Crippen LogP contribution in [0.4, 0.5) is 0 Å². The van der Waals surface area contributed by atoms with Gasteiger partial charge in [0.15, 0.2) is 0 Å². The second-order valence-electron chi connectivity index (χ2n) is 5.27. The van der Waals surface area contributed by atoms with E-state index in [1.807, 2.05) is 60.7 Å². The molecule has 0 aliphatic rings. The lowest BCUT2D eigenvalue weighted by molar-refractivity contribution is -0.106. The molecule has 3 N–H and O–H groups in total. The molecule has 4 nitrogen and oxygen atoms in total. The summed E-state index contributed by atoms with van der Waals surface area (Å²) in [6.45, 7) is -0.158. The highest BCUT2D eigenvalue weighted by Gasteiger charge is 2.27. The Labute approximate surface area is 130 Å². The third kappa shape index (κ3) is 4.93. The molecule has 0 aliphatic heterocycles. The number of aliphatic hydroxyl groups excluding tert-OH is 3. The number of benzene rings is 2. The first kappa shape index (κ1) is 16.6. The van der Waals surface area contributed by atoms with Crippen LogP contribution in [0.1, 0.15) is 11.1 Å². The van der Waals surface area contributed by atoms with Gasteiger partial charge in [-0.25, -0.2) is 0 Å². The monoisotopic (exact) mass is 302 g/mol. The quantitative estimate of drug-likeness (QED) is 0.691. The van der Waals surface area contributed by atoms with Gasteiger partial charge in [-0.3, -0.25) is 0 Å². The van der Waals surface area contributed by atoms with Crippen molar-refractivity contribution >= 4 is 0 Å². The van der Waals surface area contributed by atoms with Crippen LogP contribution < -0.4 is 0 Å². The van der Waals surface area contributed by atoms with E-state index in [1.165, 1.54) is 0 Å². The number of aliphatic hydroxyl groups is 3. The van der Waals surface area contributed by atoms with Gasteiger partial charge in [0.05, 0.1) is 19.3 Å². The molecule has 0 spiro atoms. The summed E-state index contributed by atoms with van der Waals surface area (Å²) in [6.07, 6.45) is -2.49. The third-order valence-corrected chi connectivity index (χ3v) is 3.55. The molecule has 0 fully saturated rings. The Morgan fingerprint density at radius 3 is 1.91 bits per heavy atom. The second kappa shape index (κ2) is 8.66. The maximum absolute atomic E-state index is 10.2. The Morgan fingerprint density at radius 1 is 0.818 bits per heavy atom. The third-order valence-electron chi connectivity index (χ3n) is 3.55. The van der Waals surface area contributed by atoms with Crippen molar-refractivity contribution in [2.24, 2.45) is 0 Å². The van der Waals surface area contributed by atoms with Crippen LogP contribution in [0.5, 0.6) is 0 Å². The van der Waals surface area contributed by atoms with E-state index < -0.39 is 24.9 Å². The van der Waals surface area contributed by atoms with Crippen LogP contribution in [-0.4, -0.2) is 40.2 Å². The highest BCUT2D eigenvalue weighted by atomic mass is 16.5. The summed E-state index contributed by atoms with van der Waals surface area (Å²) in [7, 11) is 0. The van der Waals surface area contributed by atoms with E-state index in [-0.39, 0.29) is 0 Å². The van der Waals surface area contributed by atoms with Crippen molar-refractivity contribution in [3.63, 3.8) is 0 Å². The zero-order valence-electron chi connectivity index (χ0n) is 12.4. The number of hydrogen-bond donors (Lipinski definition) is 3. The minimum absolute atomic E-state index is 0.341. The normalized spacial score (nSPS) is 15.2. The Hall–Kier alpha value is -1.72. The predicted octanol–water partition coefficient (Wildman–Crippen LogP) is 1.53. The number of rotatable bonds is 8. The van der Waals surface area contributed by atoms with E-state index >= 15 is 0 Å². The Kier molecular flexibility index (Phi) is 6.55. The number of ether oxygens (including phenoxy) is 1. The summed E-state index contributed by atoms with van der Waals surface area (Å²) in [5.74, 6) is 0. The fourth-order valence-electron chi connectivity index (χ4n) is 2.26. The summed E-state index contributed by atoms with van der Waals surface area (Å²) < 4.78 is 5.80. The Morgan fingerprint density at radius 2 is 1.36 bits per heavy atom. The molecule has 2 rings (SSSR count). The first-order valence-corrected chi connectivity index (χ1v) is 7.37. The average Bonchev–Trinajstić information content (AvgIpc) is 2.59. The minimum Gasteiger partial charge on any atom is -0.394 e. The highest BCUT2D eigenvalue weighted by Crippen LogP contribution is 2.14. The van der Waals surface area contributed by atoms with Crippen molar-refractivity contribution in [2.45, 2.75) is 31.3 Å². The maximum Gasteiger partial charge on any atom is 0.109 e. The molecule has 2 aromatic rings.